The molecule has 3 N–H and O–H groups in total. The van der Waals surface area contributed by atoms with E-state index < -0.39 is 8.60 Å². The van der Waals surface area contributed by atoms with Gasteiger partial charge in [-0.25, -0.2) is 0 Å². The van der Waals surface area contributed by atoms with Gasteiger partial charge in [0.15, 0.2) is 0 Å². The van der Waals surface area contributed by atoms with Gasteiger partial charge in [-0.15, -0.1) is 0 Å². The highest BCUT2D eigenvalue weighted by Gasteiger charge is 1.76. The van der Waals surface area contributed by atoms with Crippen molar-refractivity contribution in [2.24, 2.45) is 0 Å². The van der Waals surface area contributed by atoms with Gasteiger partial charge in [-0.05, 0) is 0 Å². The molecular weight excluding hydrogens is 111 g/mol. The largest absolute Gasteiger partial charge is 0.328 e. The van der Waals surface area contributed by atoms with E-state index in [1.165, 1.54) is 0 Å². The lowest BCUT2D eigenvalue weighted by molar-refractivity contribution is 0.368. The molecule has 0 aliphatic heterocycles. The molecule has 0 aliphatic carbocycles. The van der Waals surface area contributed by atoms with Gasteiger partial charge in [0.05, 0.1) is 0 Å². The average Bonchev–Trinajstić information content (AvgIpc) is 0.811. The molecule has 0 saturated heterocycles. The number of hydrogen-bond donors (Lipinski definition) is 3. The fourth-order valence-electron chi connectivity index (χ4n) is 0. The molecule has 3 nitrogen and oxygen atoms in total. The second-order valence-electron chi connectivity index (χ2n) is 0.268. The molecule has 5 heteroatoms. The van der Waals surface area contributed by atoms with Crippen LogP contribution in [0.1, 0.15) is 0 Å². The van der Waals surface area contributed by atoms with Crippen LogP contribution in [-0.2, 0) is 0 Å². The van der Waals surface area contributed by atoms with E-state index in [4.69, 9.17) is 14.7 Å². The maximum Gasteiger partial charge on any atom is 0.324 e. The molecule has 0 fully saturated rings. The van der Waals surface area contributed by atoms with Crippen molar-refractivity contribution in [3.05, 3.63) is 0 Å². The third kappa shape index (κ3) is 75.7. The molecule has 0 saturated carbocycles. The molecule has 0 aromatic heterocycles. The Hall–Kier alpha value is 0.660. The van der Waals surface area contributed by atoms with Crippen LogP contribution in [0.4, 0.5) is 0 Å². The third-order valence-corrected chi connectivity index (χ3v) is 0. The summed E-state index contributed by atoms with van der Waals surface area (Å²) in [7, 11) is -2.62. The van der Waals surface area contributed by atoms with Crippen molar-refractivity contribution in [2.45, 2.75) is 0 Å². The first-order valence-corrected chi connectivity index (χ1v) is 1.80. The van der Waals surface area contributed by atoms with Crippen LogP contribution in [0.25, 0.3) is 0 Å². The minimum Gasteiger partial charge on any atom is -0.328 e. The van der Waals surface area contributed by atoms with Crippen LogP contribution in [0.2, 0.25) is 0 Å². The number of hydrogen-bond acceptors (Lipinski definition) is 3. The Morgan fingerprint density at radius 3 is 1.00 bits per heavy atom. The van der Waals surface area contributed by atoms with E-state index in [1.807, 2.05) is 0 Å². The molecule has 0 atom stereocenters. The van der Waals surface area contributed by atoms with Gasteiger partial charge in [-0.1, -0.05) is 0 Å². The number of rotatable bonds is 0. The molecular formula is H3O3PS. The normalized spacial score (nSPS) is 7.20. The second-order valence-corrected chi connectivity index (χ2v) is 0.805. The maximum atomic E-state index is 7.23. The zero-order valence-electron chi connectivity index (χ0n) is 2.20. The van der Waals surface area contributed by atoms with Crippen molar-refractivity contribution in [1.29, 1.82) is 0 Å². The van der Waals surface area contributed by atoms with Crippen LogP contribution in [-0.4, -0.2) is 14.7 Å². The predicted octanol–water partition coefficient (Wildman–Crippen LogP) is -0.162. The molecule has 0 aromatic carbocycles. The van der Waals surface area contributed by atoms with Crippen LogP contribution in [0.3, 0.4) is 0 Å². The van der Waals surface area contributed by atoms with E-state index in [0.29, 0.717) is 0 Å². The van der Waals surface area contributed by atoms with Gasteiger partial charge in [0, 0.05) is 13.5 Å². The van der Waals surface area contributed by atoms with E-state index in [2.05, 4.69) is 0 Å². The highest BCUT2D eigenvalue weighted by molar-refractivity contribution is 7.59. The van der Waals surface area contributed by atoms with Gasteiger partial charge in [-0.3, -0.25) is 0 Å². The Balaban J connectivity index is 0. The van der Waals surface area contributed by atoms with Gasteiger partial charge in [0.2, 0.25) is 0 Å². The van der Waals surface area contributed by atoms with Crippen molar-refractivity contribution in [3.63, 3.8) is 0 Å². The smallest absolute Gasteiger partial charge is 0.324 e. The third-order valence-electron chi connectivity index (χ3n) is 0. The molecule has 0 unspecified atom stereocenters. The molecule has 0 aromatic rings. The molecule has 5 heavy (non-hydrogen) atoms. The Morgan fingerprint density at radius 2 is 1.00 bits per heavy atom. The first kappa shape index (κ1) is 9.18. The Morgan fingerprint density at radius 1 is 1.00 bits per heavy atom. The van der Waals surface area contributed by atoms with Gasteiger partial charge in [0.1, 0.15) is 0 Å². The standard InChI is InChI=1S/H3O3P.S/c1-4(2)3;/h1-3H;. The van der Waals surface area contributed by atoms with E-state index in [1.54, 1.807) is 0 Å². The molecule has 0 bridgehead atoms. The minimum atomic E-state index is -2.62. The summed E-state index contributed by atoms with van der Waals surface area (Å²) >= 11 is 0. The predicted molar refractivity (Wildman–Crippen MR) is 21.2 cm³/mol. The van der Waals surface area contributed by atoms with Crippen LogP contribution in [0.15, 0.2) is 0 Å². The van der Waals surface area contributed by atoms with Crippen molar-refractivity contribution < 1.29 is 14.7 Å². The van der Waals surface area contributed by atoms with Crippen LogP contribution < -0.4 is 0 Å². The second kappa shape index (κ2) is 4.66. The van der Waals surface area contributed by atoms with E-state index in [0.717, 1.165) is 0 Å². The van der Waals surface area contributed by atoms with Gasteiger partial charge < -0.3 is 14.7 Å². The van der Waals surface area contributed by atoms with E-state index in [9.17, 15) is 0 Å². The molecule has 0 rings (SSSR count). The average molecular weight is 114 g/mol. The van der Waals surface area contributed by atoms with Crippen molar-refractivity contribution >= 4 is 22.1 Å². The molecule has 0 amide bonds. The van der Waals surface area contributed by atoms with Crippen molar-refractivity contribution in [1.82, 2.24) is 0 Å². The van der Waals surface area contributed by atoms with E-state index >= 15 is 0 Å². The summed E-state index contributed by atoms with van der Waals surface area (Å²) in [6.45, 7) is 0. The lowest BCUT2D eigenvalue weighted by Crippen LogP contribution is -1.54. The fourth-order valence-corrected chi connectivity index (χ4v) is 0. The molecule has 0 heterocycles. The fraction of sp³-hybridized carbons (Fsp3) is 0. The molecule has 0 spiro atoms. The molecule has 32 valence electrons. The Kier molecular flexibility index (Phi) is 8.55. The molecule has 0 aliphatic rings. The SMILES string of the molecule is OP(O)O.[S]. The summed E-state index contributed by atoms with van der Waals surface area (Å²) in [6.07, 6.45) is 0. The monoisotopic (exact) mass is 114 g/mol. The van der Waals surface area contributed by atoms with Gasteiger partial charge in [0.25, 0.3) is 0 Å². The zero-order valence-corrected chi connectivity index (χ0v) is 3.91. The lowest BCUT2D eigenvalue weighted by Gasteiger charge is -1.76. The highest BCUT2D eigenvalue weighted by atomic mass is 32.1. The topological polar surface area (TPSA) is 60.7 Å². The van der Waals surface area contributed by atoms with E-state index in [-0.39, 0.29) is 13.5 Å². The minimum absolute atomic E-state index is 0. The summed E-state index contributed by atoms with van der Waals surface area (Å²) in [5.41, 5.74) is 0. The highest BCUT2D eigenvalue weighted by Crippen LogP contribution is 2.11. The van der Waals surface area contributed by atoms with Gasteiger partial charge >= 0.3 is 8.60 Å². The van der Waals surface area contributed by atoms with Crippen LogP contribution in [0, 0.1) is 0 Å². The summed E-state index contributed by atoms with van der Waals surface area (Å²) in [5.74, 6) is 0. The first-order chi connectivity index (χ1) is 1.73. The Bertz CT molecular complexity index is 11.6. The quantitative estimate of drug-likeness (QED) is 0.383. The Labute approximate surface area is 37.7 Å². The molecule has 2 radical (unpaired) electrons. The maximum absolute atomic E-state index is 7.23. The summed E-state index contributed by atoms with van der Waals surface area (Å²) in [5, 5.41) is 0. The summed E-state index contributed by atoms with van der Waals surface area (Å²) in [6, 6.07) is 0. The summed E-state index contributed by atoms with van der Waals surface area (Å²) in [4.78, 5) is 21.7. The van der Waals surface area contributed by atoms with Crippen molar-refractivity contribution in [2.75, 3.05) is 0 Å². The van der Waals surface area contributed by atoms with Crippen LogP contribution in [0.5, 0.6) is 0 Å². The van der Waals surface area contributed by atoms with Gasteiger partial charge in [-0.2, -0.15) is 0 Å². The lowest BCUT2D eigenvalue weighted by atomic mass is 15.8. The van der Waals surface area contributed by atoms with Crippen LogP contribution >= 0.6 is 22.1 Å². The summed E-state index contributed by atoms with van der Waals surface area (Å²) < 4.78 is 0. The zero-order chi connectivity index (χ0) is 3.58. The van der Waals surface area contributed by atoms with Crippen molar-refractivity contribution in [3.8, 4) is 0 Å². The first-order valence-electron chi connectivity index (χ1n) is 0.600.